The van der Waals surface area contributed by atoms with Crippen LogP contribution in [-0.2, 0) is 4.79 Å². The number of hydrogen-bond acceptors (Lipinski definition) is 7. The third kappa shape index (κ3) is 2.39. The van der Waals surface area contributed by atoms with Crippen molar-refractivity contribution in [3.05, 3.63) is 53.0 Å². The first-order valence-electron chi connectivity index (χ1n) is 9.57. The molecule has 0 radical (unpaired) electrons. The monoisotopic (exact) mass is 403 g/mol. The van der Waals surface area contributed by atoms with Gasteiger partial charge in [0.1, 0.15) is 5.82 Å². The average molecular weight is 403 g/mol. The van der Waals surface area contributed by atoms with Gasteiger partial charge in [-0.25, -0.2) is 0 Å². The Morgan fingerprint density at radius 3 is 2.83 bits per heavy atom. The SMILES string of the molecule is Cc1nn(-c2ccc3nnc(C)n3n2)c2c1[C@@H](c1ccc3c(c1)OCO3)CC(=O)N2. The lowest BCUT2D eigenvalue weighted by atomic mass is 9.85. The topological polar surface area (TPSA) is 108 Å². The summed E-state index contributed by atoms with van der Waals surface area (Å²) in [7, 11) is 0. The predicted octanol–water partition coefficient (Wildman–Crippen LogP) is 2.13. The standard InChI is InChI=1S/C20H17N7O3/c1-10-19-13(12-3-4-14-15(7-12)30-9-29-14)8-18(28)21-20(19)27(24-10)17-6-5-16-23-22-11(2)26(16)25-17/h3-7,13H,8-9H2,1-2H3,(H,21,28)/t13-/m1/s1. The maximum absolute atomic E-state index is 12.6. The summed E-state index contributed by atoms with van der Waals surface area (Å²) in [6.07, 6.45) is 0.330. The van der Waals surface area contributed by atoms with Crippen molar-refractivity contribution in [2.45, 2.75) is 26.2 Å². The van der Waals surface area contributed by atoms with Gasteiger partial charge in [0, 0.05) is 17.9 Å². The van der Waals surface area contributed by atoms with Crippen LogP contribution in [0.1, 0.15) is 35.0 Å². The maximum Gasteiger partial charge on any atom is 0.231 e. The van der Waals surface area contributed by atoms with E-state index in [0.717, 1.165) is 16.8 Å². The number of ether oxygens (including phenoxy) is 2. The molecule has 3 aromatic heterocycles. The lowest BCUT2D eigenvalue weighted by Crippen LogP contribution is -2.25. The van der Waals surface area contributed by atoms with E-state index in [9.17, 15) is 4.79 Å². The van der Waals surface area contributed by atoms with Gasteiger partial charge in [-0.05, 0) is 43.7 Å². The van der Waals surface area contributed by atoms with Gasteiger partial charge in [-0.2, -0.15) is 14.3 Å². The molecule has 10 nitrogen and oxygen atoms in total. The predicted molar refractivity (Wildman–Crippen MR) is 105 cm³/mol. The number of anilines is 1. The first-order valence-corrected chi connectivity index (χ1v) is 9.57. The van der Waals surface area contributed by atoms with Crippen molar-refractivity contribution in [3.63, 3.8) is 0 Å². The van der Waals surface area contributed by atoms with Gasteiger partial charge in [0.2, 0.25) is 12.7 Å². The Kier molecular flexibility index (Phi) is 3.40. The molecular weight excluding hydrogens is 386 g/mol. The third-order valence-corrected chi connectivity index (χ3v) is 5.52. The molecule has 6 rings (SSSR count). The van der Waals surface area contributed by atoms with Gasteiger partial charge in [0.25, 0.3) is 0 Å². The van der Waals surface area contributed by atoms with Gasteiger partial charge >= 0.3 is 0 Å². The molecule has 0 unspecified atom stereocenters. The van der Waals surface area contributed by atoms with Crippen LogP contribution < -0.4 is 14.8 Å². The molecule has 5 heterocycles. The van der Waals surface area contributed by atoms with Crippen LogP contribution in [0.4, 0.5) is 5.82 Å². The fraction of sp³-hybridized carbons (Fsp3) is 0.250. The Hall–Kier alpha value is -3.95. The number of benzene rings is 1. The van der Waals surface area contributed by atoms with Crippen LogP contribution in [0.5, 0.6) is 11.5 Å². The van der Waals surface area contributed by atoms with E-state index < -0.39 is 0 Å². The summed E-state index contributed by atoms with van der Waals surface area (Å²) < 4.78 is 14.3. The average Bonchev–Trinajstić information content (AvgIpc) is 3.44. The molecule has 2 aliphatic rings. The summed E-state index contributed by atoms with van der Waals surface area (Å²) in [6, 6.07) is 9.44. The highest BCUT2D eigenvalue weighted by atomic mass is 16.7. The molecule has 1 atom stereocenters. The molecular formula is C20H17N7O3. The molecule has 0 bridgehead atoms. The summed E-state index contributed by atoms with van der Waals surface area (Å²) in [5, 5.41) is 20.4. The number of carbonyl (C=O) groups excluding carboxylic acids is 1. The minimum absolute atomic E-state index is 0.0760. The van der Waals surface area contributed by atoms with Crippen molar-refractivity contribution < 1.29 is 14.3 Å². The summed E-state index contributed by atoms with van der Waals surface area (Å²) in [4.78, 5) is 12.6. The van der Waals surface area contributed by atoms with E-state index in [-0.39, 0.29) is 18.6 Å². The highest BCUT2D eigenvalue weighted by molar-refractivity contribution is 5.95. The van der Waals surface area contributed by atoms with Crippen LogP contribution in [0.25, 0.3) is 11.5 Å². The van der Waals surface area contributed by atoms with E-state index in [1.807, 2.05) is 44.2 Å². The van der Waals surface area contributed by atoms with Crippen molar-refractivity contribution in [2.75, 3.05) is 12.1 Å². The fourth-order valence-electron chi connectivity index (χ4n) is 4.13. The molecule has 1 aromatic carbocycles. The van der Waals surface area contributed by atoms with Crippen LogP contribution in [-0.4, -0.2) is 42.3 Å². The molecule has 1 amide bonds. The Balaban J connectivity index is 1.50. The largest absolute Gasteiger partial charge is 0.454 e. The molecule has 2 aliphatic heterocycles. The smallest absolute Gasteiger partial charge is 0.231 e. The van der Waals surface area contributed by atoms with Crippen molar-refractivity contribution in [1.82, 2.24) is 29.6 Å². The van der Waals surface area contributed by atoms with Gasteiger partial charge in [0.15, 0.2) is 28.8 Å². The van der Waals surface area contributed by atoms with E-state index in [1.165, 1.54) is 0 Å². The van der Waals surface area contributed by atoms with Crippen molar-refractivity contribution in [1.29, 1.82) is 0 Å². The molecule has 0 fully saturated rings. The van der Waals surface area contributed by atoms with Gasteiger partial charge in [-0.3, -0.25) is 4.79 Å². The summed E-state index contributed by atoms with van der Waals surface area (Å²) in [5.74, 6) is 3.07. The number of fused-ring (bicyclic) bond motifs is 3. The highest BCUT2D eigenvalue weighted by Gasteiger charge is 2.33. The number of amides is 1. The van der Waals surface area contributed by atoms with E-state index in [0.29, 0.717) is 41.0 Å². The van der Waals surface area contributed by atoms with E-state index >= 15 is 0 Å². The molecule has 0 aliphatic carbocycles. The van der Waals surface area contributed by atoms with Crippen LogP contribution >= 0.6 is 0 Å². The van der Waals surface area contributed by atoms with E-state index in [2.05, 4.69) is 20.6 Å². The molecule has 150 valence electrons. The molecule has 0 saturated carbocycles. The lowest BCUT2D eigenvalue weighted by molar-refractivity contribution is -0.116. The number of hydrogen-bond donors (Lipinski definition) is 1. The zero-order valence-electron chi connectivity index (χ0n) is 16.3. The van der Waals surface area contributed by atoms with Gasteiger partial charge < -0.3 is 14.8 Å². The Morgan fingerprint density at radius 1 is 1.07 bits per heavy atom. The zero-order valence-corrected chi connectivity index (χ0v) is 16.3. The number of aryl methyl sites for hydroxylation is 2. The summed E-state index contributed by atoms with van der Waals surface area (Å²) in [5.41, 5.74) is 3.43. The second-order valence-electron chi connectivity index (χ2n) is 7.39. The minimum Gasteiger partial charge on any atom is -0.454 e. The van der Waals surface area contributed by atoms with Crippen molar-refractivity contribution in [2.24, 2.45) is 0 Å². The molecule has 4 aromatic rings. The van der Waals surface area contributed by atoms with Crippen molar-refractivity contribution in [3.8, 4) is 17.3 Å². The van der Waals surface area contributed by atoms with Crippen molar-refractivity contribution >= 4 is 17.4 Å². The highest BCUT2D eigenvalue weighted by Crippen LogP contribution is 2.43. The fourth-order valence-corrected chi connectivity index (χ4v) is 4.13. The third-order valence-electron chi connectivity index (χ3n) is 5.52. The normalized spacial score (nSPS) is 17.3. The summed E-state index contributed by atoms with van der Waals surface area (Å²) in [6.45, 7) is 3.98. The number of nitrogens with zero attached hydrogens (tertiary/aromatic N) is 6. The molecule has 10 heteroatoms. The quantitative estimate of drug-likeness (QED) is 0.546. The number of carbonyl (C=O) groups is 1. The first kappa shape index (κ1) is 17.0. The van der Waals surface area contributed by atoms with Gasteiger partial charge in [-0.1, -0.05) is 6.07 Å². The number of aromatic nitrogens is 6. The molecule has 0 spiro atoms. The number of nitrogens with one attached hydrogen (secondary N) is 1. The molecule has 1 N–H and O–H groups in total. The number of rotatable bonds is 2. The van der Waals surface area contributed by atoms with E-state index in [1.54, 1.807) is 9.20 Å². The summed E-state index contributed by atoms with van der Waals surface area (Å²) >= 11 is 0. The second-order valence-corrected chi connectivity index (χ2v) is 7.39. The first-order chi connectivity index (χ1) is 14.6. The van der Waals surface area contributed by atoms with Crippen LogP contribution in [0, 0.1) is 13.8 Å². The van der Waals surface area contributed by atoms with E-state index in [4.69, 9.17) is 14.6 Å². The van der Waals surface area contributed by atoms with Crippen LogP contribution in [0.3, 0.4) is 0 Å². The Labute approximate surface area is 170 Å². The van der Waals surface area contributed by atoms with Gasteiger partial charge in [0.05, 0.1) is 5.69 Å². The molecule has 30 heavy (non-hydrogen) atoms. The lowest BCUT2D eigenvalue weighted by Gasteiger charge is -2.24. The van der Waals surface area contributed by atoms with Crippen LogP contribution in [0.2, 0.25) is 0 Å². The minimum atomic E-state index is -0.141. The molecule has 0 saturated heterocycles. The Bertz CT molecular complexity index is 1340. The van der Waals surface area contributed by atoms with Crippen LogP contribution in [0.15, 0.2) is 30.3 Å². The Morgan fingerprint density at radius 2 is 1.93 bits per heavy atom. The second kappa shape index (κ2) is 6.02. The zero-order chi connectivity index (χ0) is 20.4. The maximum atomic E-state index is 12.6. The van der Waals surface area contributed by atoms with Gasteiger partial charge in [-0.15, -0.1) is 15.3 Å².